The van der Waals surface area contributed by atoms with E-state index in [2.05, 4.69) is 20.8 Å². The zero-order valence-electron chi connectivity index (χ0n) is 6.22. The third-order valence-corrected chi connectivity index (χ3v) is 1.58. The van der Waals surface area contributed by atoms with Crippen LogP contribution in [-0.2, 0) is 6.54 Å². The van der Waals surface area contributed by atoms with E-state index in [1.807, 2.05) is 6.20 Å². The summed E-state index contributed by atoms with van der Waals surface area (Å²) in [7, 11) is 1.78. The van der Waals surface area contributed by atoms with E-state index in [-0.39, 0.29) is 0 Å². The van der Waals surface area contributed by atoms with Gasteiger partial charge in [0.1, 0.15) is 0 Å². The molecule has 0 aliphatic carbocycles. The second-order valence-corrected chi connectivity index (χ2v) is 2.45. The van der Waals surface area contributed by atoms with Crippen LogP contribution in [0.3, 0.4) is 0 Å². The highest BCUT2D eigenvalue weighted by Gasteiger charge is 1.93. The first-order chi connectivity index (χ1) is 5.33. The van der Waals surface area contributed by atoms with Crippen LogP contribution in [0.1, 0.15) is 5.56 Å². The molecule has 0 spiro atoms. The molecule has 0 amide bonds. The number of hydrogen-bond acceptors (Lipinski definition) is 2. The summed E-state index contributed by atoms with van der Waals surface area (Å²) in [6.45, 7) is 0.705. The molecule has 11 heavy (non-hydrogen) atoms. The molecule has 4 nitrogen and oxygen atoms in total. The van der Waals surface area contributed by atoms with Gasteiger partial charge in [-0.1, -0.05) is 0 Å². The van der Waals surface area contributed by atoms with E-state index in [1.54, 1.807) is 13.2 Å². The van der Waals surface area contributed by atoms with Gasteiger partial charge in [0.2, 0.25) is 0 Å². The van der Waals surface area contributed by atoms with Gasteiger partial charge in [-0.2, -0.15) is 5.10 Å². The molecule has 0 fully saturated rings. The Morgan fingerprint density at radius 3 is 3.18 bits per heavy atom. The van der Waals surface area contributed by atoms with Crippen LogP contribution in [0.5, 0.6) is 0 Å². The fourth-order valence-corrected chi connectivity index (χ4v) is 0.717. The maximum atomic E-state index is 4.88. The SMILES string of the molecule is CNC(=S)NCc1cn[nH]c1. The predicted octanol–water partition coefficient (Wildman–Crippen LogP) is 0.00360. The summed E-state index contributed by atoms with van der Waals surface area (Å²) in [5.74, 6) is 0. The van der Waals surface area contributed by atoms with Crippen LogP contribution in [0.4, 0.5) is 0 Å². The van der Waals surface area contributed by atoms with Gasteiger partial charge in [-0.15, -0.1) is 0 Å². The Kier molecular flexibility index (Phi) is 2.85. The number of H-pyrrole nitrogens is 1. The molecule has 0 saturated carbocycles. The van der Waals surface area contributed by atoms with Crippen LogP contribution >= 0.6 is 12.2 Å². The minimum Gasteiger partial charge on any atom is -0.366 e. The van der Waals surface area contributed by atoms with Gasteiger partial charge in [-0.05, 0) is 12.2 Å². The van der Waals surface area contributed by atoms with Crippen LogP contribution < -0.4 is 10.6 Å². The fourth-order valence-electron chi connectivity index (χ4n) is 0.645. The highest BCUT2D eigenvalue weighted by Crippen LogP contribution is 1.90. The van der Waals surface area contributed by atoms with Gasteiger partial charge in [0, 0.05) is 25.4 Å². The Morgan fingerprint density at radius 1 is 1.82 bits per heavy atom. The molecule has 1 aromatic heterocycles. The molecular weight excluding hydrogens is 160 g/mol. The Bertz CT molecular complexity index is 218. The van der Waals surface area contributed by atoms with Gasteiger partial charge in [0.05, 0.1) is 6.20 Å². The number of thiocarbonyl (C=S) groups is 1. The van der Waals surface area contributed by atoms with Crippen molar-refractivity contribution in [2.45, 2.75) is 6.54 Å². The average molecular weight is 170 g/mol. The van der Waals surface area contributed by atoms with Gasteiger partial charge in [0.25, 0.3) is 0 Å². The van der Waals surface area contributed by atoms with Crippen molar-refractivity contribution in [3.63, 3.8) is 0 Å². The van der Waals surface area contributed by atoms with Crippen LogP contribution in [0.2, 0.25) is 0 Å². The van der Waals surface area contributed by atoms with Crippen molar-refractivity contribution in [1.29, 1.82) is 0 Å². The summed E-state index contributed by atoms with van der Waals surface area (Å²) in [5, 5.41) is 13.0. The van der Waals surface area contributed by atoms with Gasteiger partial charge in [-0.3, -0.25) is 5.10 Å². The van der Waals surface area contributed by atoms with E-state index >= 15 is 0 Å². The van der Waals surface area contributed by atoms with Crippen molar-refractivity contribution < 1.29 is 0 Å². The molecule has 0 unspecified atom stereocenters. The monoisotopic (exact) mass is 170 g/mol. The number of nitrogens with one attached hydrogen (secondary N) is 3. The second-order valence-electron chi connectivity index (χ2n) is 2.04. The normalized spacial score (nSPS) is 9.18. The first-order valence-corrected chi connectivity index (χ1v) is 3.67. The van der Waals surface area contributed by atoms with Crippen molar-refractivity contribution in [2.75, 3.05) is 7.05 Å². The smallest absolute Gasteiger partial charge is 0.166 e. The molecule has 0 aromatic carbocycles. The minimum atomic E-state index is 0.645. The minimum absolute atomic E-state index is 0.645. The lowest BCUT2D eigenvalue weighted by Gasteiger charge is -2.03. The maximum absolute atomic E-state index is 4.88. The first kappa shape index (κ1) is 8.00. The molecule has 1 heterocycles. The Morgan fingerprint density at radius 2 is 2.64 bits per heavy atom. The second kappa shape index (κ2) is 3.92. The van der Waals surface area contributed by atoms with Gasteiger partial charge in [-0.25, -0.2) is 0 Å². The van der Waals surface area contributed by atoms with E-state index in [1.165, 1.54) is 0 Å². The van der Waals surface area contributed by atoms with Crippen molar-refractivity contribution in [3.8, 4) is 0 Å². The Balaban J connectivity index is 2.29. The van der Waals surface area contributed by atoms with Gasteiger partial charge in [0.15, 0.2) is 5.11 Å². The summed E-state index contributed by atoms with van der Waals surface area (Å²) >= 11 is 4.88. The topological polar surface area (TPSA) is 52.7 Å². The lowest BCUT2D eigenvalue weighted by atomic mass is 10.4. The summed E-state index contributed by atoms with van der Waals surface area (Å²) in [4.78, 5) is 0. The maximum Gasteiger partial charge on any atom is 0.166 e. The number of hydrogen-bond donors (Lipinski definition) is 3. The molecule has 0 saturated heterocycles. The zero-order chi connectivity index (χ0) is 8.10. The van der Waals surface area contributed by atoms with Crippen LogP contribution in [0, 0.1) is 0 Å². The summed E-state index contributed by atoms with van der Waals surface area (Å²) in [6, 6.07) is 0. The van der Waals surface area contributed by atoms with Crippen LogP contribution in [0.25, 0.3) is 0 Å². The lowest BCUT2D eigenvalue weighted by Crippen LogP contribution is -2.31. The zero-order valence-corrected chi connectivity index (χ0v) is 7.03. The molecular formula is C6H10N4S. The highest BCUT2D eigenvalue weighted by molar-refractivity contribution is 7.80. The predicted molar refractivity (Wildman–Crippen MR) is 47.1 cm³/mol. The number of aromatic amines is 1. The van der Waals surface area contributed by atoms with E-state index < -0.39 is 0 Å². The van der Waals surface area contributed by atoms with Crippen molar-refractivity contribution >= 4 is 17.3 Å². The van der Waals surface area contributed by atoms with Crippen molar-refractivity contribution in [3.05, 3.63) is 18.0 Å². The summed E-state index contributed by atoms with van der Waals surface area (Å²) in [5.41, 5.74) is 1.09. The molecule has 1 aromatic rings. The number of aromatic nitrogens is 2. The average Bonchev–Trinajstić information content (AvgIpc) is 2.52. The molecule has 5 heteroatoms. The number of rotatable bonds is 2. The Hall–Kier alpha value is -1.10. The molecule has 0 aliphatic heterocycles. The molecule has 3 N–H and O–H groups in total. The van der Waals surface area contributed by atoms with Gasteiger partial charge >= 0.3 is 0 Å². The first-order valence-electron chi connectivity index (χ1n) is 3.26. The molecule has 1 rings (SSSR count). The summed E-state index contributed by atoms with van der Waals surface area (Å²) < 4.78 is 0. The standard InChI is InChI=1S/C6H10N4S/c1-7-6(11)8-2-5-3-9-10-4-5/h3-4H,2H2,1H3,(H,9,10)(H2,7,8,11). The molecule has 0 atom stereocenters. The van der Waals surface area contributed by atoms with E-state index in [4.69, 9.17) is 12.2 Å². The molecule has 60 valence electrons. The van der Waals surface area contributed by atoms with E-state index in [0.29, 0.717) is 11.7 Å². The third kappa shape index (κ3) is 2.55. The Labute approximate surface area is 70.4 Å². The lowest BCUT2D eigenvalue weighted by molar-refractivity contribution is 0.891. The van der Waals surface area contributed by atoms with Crippen molar-refractivity contribution in [2.24, 2.45) is 0 Å². The van der Waals surface area contributed by atoms with Crippen LogP contribution in [0.15, 0.2) is 12.4 Å². The summed E-state index contributed by atoms with van der Waals surface area (Å²) in [6.07, 6.45) is 3.58. The largest absolute Gasteiger partial charge is 0.366 e. The third-order valence-electron chi connectivity index (χ3n) is 1.23. The van der Waals surface area contributed by atoms with Crippen molar-refractivity contribution in [1.82, 2.24) is 20.8 Å². The van der Waals surface area contributed by atoms with E-state index in [9.17, 15) is 0 Å². The molecule has 0 bridgehead atoms. The highest BCUT2D eigenvalue weighted by atomic mass is 32.1. The molecule has 0 aliphatic rings. The van der Waals surface area contributed by atoms with E-state index in [0.717, 1.165) is 5.56 Å². The molecule has 0 radical (unpaired) electrons. The van der Waals surface area contributed by atoms with Gasteiger partial charge < -0.3 is 10.6 Å². The van der Waals surface area contributed by atoms with Crippen LogP contribution in [-0.4, -0.2) is 22.4 Å². The fraction of sp³-hybridized carbons (Fsp3) is 0.333. The quantitative estimate of drug-likeness (QED) is 0.547. The number of nitrogens with zero attached hydrogens (tertiary/aromatic N) is 1.